The van der Waals surface area contributed by atoms with Crippen LogP contribution in [-0.4, -0.2) is 108 Å². The van der Waals surface area contributed by atoms with Gasteiger partial charge in [0.2, 0.25) is 0 Å². The zero-order valence-electron chi connectivity index (χ0n) is 32.4. The lowest BCUT2D eigenvalue weighted by Gasteiger charge is -2.59. The van der Waals surface area contributed by atoms with Crippen LogP contribution in [-0.2, 0) is 71.5 Å². The lowest BCUT2D eigenvalue weighted by atomic mass is 9.51. The van der Waals surface area contributed by atoms with Crippen molar-refractivity contribution < 1.29 is 76.6 Å². The molecule has 0 aromatic rings. The third-order valence-electron chi connectivity index (χ3n) is 10.3. The van der Waals surface area contributed by atoms with Gasteiger partial charge in [0.25, 0.3) is 0 Å². The molecule has 4 aliphatic rings. The number of hydrogen-bond acceptors (Lipinski definition) is 16. The van der Waals surface area contributed by atoms with Gasteiger partial charge in [0.05, 0.1) is 17.9 Å². The summed E-state index contributed by atoms with van der Waals surface area (Å²) < 4.78 is 47.2. The number of ether oxygens (including phenoxy) is 8. The monoisotopic (exact) mass is 764 g/mol. The van der Waals surface area contributed by atoms with Crippen molar-refractivity contribution in [2.24, 2.45) is 29.1 Å². The third kappa shape index (κ3) is 8.49. The molecule has 4 rings (SSSR count). The Morgan fingerprint density at radius 3 is 1.87 bits per heavy atom. The van der Waals surface area contributed by atoms with Crippen LogP contribution in [0.3, 0.4) is 0 Å². The van der Waals surface area contributed by atoms with Gasteiger partial charge in [-0.1, -0.05) is 40.7 Å². The molecule has 16 heteroatoms. The van der Waals surface area contributed by atoms with E-state index in [-0.39, 0.29) is 43.5 Å². The Kier molecular flexibility index (Phi) is 12.7. The molecule has 0 unspecified atom stereocenters. The minimum absolute atomic E-state index is 0.0253. The minimum atomic E-state index is -2.44. The van der Waals surface area contributed by atoms with E-state index in [9.17, 15) is 38.7 Å². The van der Waals surface area contributed by atoms with E-state index in [0.29, 0.717) is 0 Å². The zero-order valence-corrected chi connectivity index (χ0v) is 32.4. The fourth-order valence-corrected chi connectivity index (χ4v) is 8.00. The first kappa shape index (κ1) is 42.4. The predicted octanol–water partition coefficient (Wildman–Crippen LogP) is 2.45. The van der Waals surface area contributed by atoms with Gasteiger partial charge in [-0.15, -0.1) is 0 Å². The van der Waals surface area contributed by atoms with Gasteiger partial charge in [-0.2, -0.15) is 0 Å². The second kappa shape index (κ2) is 16.2. The molecule has 3 fully saturated rings. The molecule has 0 amide bonds. The average molecular weight is 765 g/mol. The van der Waals surface area contributed by atoms with Gasteiger partial charge in [0.15, 0.2) is 30.0 Å². The molecule has 0 aromatic carbocycles. The highest BCUT2D eigenvalue weighted by Gasteiger charge is 2.81. The standard InChI is InChI=1S/C38H52O16/c1-18(2)13-28(43)47-16-25-11-12-26(49-21(6)39)36(10)31(34(52-24(9)42)38(46)20(5)35(45)53-27(38)15-25)37(17-48-37)33(54-29(44)14-19(3)4)30(50-22(7)40)32(36)51-23(8)41/h11-12,15,18-20,26-27,30-34,46H,13-14,16-17H2,1-10H3/b12-11-,25-15+/t20-,26+,27-,30+,31+,32-,33+,34-,36+,37-,38-/m0/s1. The number of epoxide rings is 1. The van der Waals surface area contributed by atoms with E-state index >= 15 is 0 Å². The van der Waals surface area contributed by atoms with Crippen molar-refractivity contribution in [1.82, 2.24) is 0 Å². The molecule has 2 aliphatic heterocycles. The van der Waals surface area contributed by atoms with E-state index in [1.165, 1.54) is 32.1 Å². The zero-order chi connectivity index (χ0) is 40.5. The van der Waals surface area contributed by atoms with Crippen LogP contribution in [0.25, 0.3) is 0 Å². The fraction of sp³-hybridized carbons (Fsp3) is 0.711. The maximum atomic E-state index is 13.4. The van der Waals surface area contributed by atoms with Gasteiger partial charge in [-0.3, -0.25) is 33.6 Å². The molecule has 0 radical (unpaired) electrons. The number of esters is 7. The van der Waals surface area contributed by atoms with E-state index in [4.69, 9.17) is 37.9 Å². The van der Waals surface area contributed by atoms with Crippen LogP contribution < -0.4 is 0 Å². The summed E-state index contributed by atoms with van der Waals surface area (Å²) in [6, 6.07) is 0. The molecule has 2 heterocycles. The largest absolute Gasteiger partial charge is 0.461 e. The molecule has 16 nitrogen and oxygen atoms in total. The number of hydrogen-bond donors (Lipinski definition) is 1. The number of rotatable bonds is 11. The molecular formula is C38H52O16. The molecule has 54 heavy (non-hydrogen) atoms. The molecule has 2 aliphatic carbocycles. The first-order valence-corrected chi connectivity index (χ1v) is 18.1. The molecule has 2 saturated heterocycles. The van der Waals surface area contributed by atoms with Crippen molar-refractivity contribution >= 4 is 41.8 Å². The summed E-state index contributed by atoms with van der Waals surface area (Å²) in [5.41, 5.74) is -5.91. The third-order valence-corrected chi connectivity index (χ3v) is 10.3. The Morgan fingerprint density at radius 1 is 0.815 bits per heavy atom. The van der Waals surface area contributed by atoms with E-state index in [2.05, 4.69) is 0 Å². The Labute approximate surface area is 314 Å². The van der Waals surface area contributed by atoms with Crippen LogP contribution in [0, 0.1) is 29.1 Å². The van der Waals surface area contributed by atoms with Gasteiger partial charge < -0.3 is 43.0 Å². The summed E-state index contributed by atoms with van der Waals surface area (Å²) in [5.74, 6) is -8.66. The number of carbonyl (C=O) groups excluding carboxylic acids is 7. The molecule has 1 saturated carbocycles. The molecule has 1 spiro atoms. The van der Waals surface area contributed by atoms with Gasteiger partial charge in [-0.05, 0) is 36.5 Å². The molecule has 300 valence electrons. The topological polar surface area (TPSA) is 217 Å². The first-order valence-electron chi connectivity index (χ1n) is 18.1. The van der Waals surface area contributed by atoms with Crippen LogP contribution in [0.1, 0.15) is 82.1 Å². The van der Waals surface area contributed by atoms with E-state index in [1.807, 2.05) is 13.8 Å². The van der Waals surface area contributed by atoms with Gasteiger partial charge >= 0.3 is 41.8 Å². The van der Waals surface area contributed by atoms with Crippen LogP contribution in [0.4, 0.5) is 0 Å². The highest BCUT2D eigenvalue weighted by atomic mass is 16.7. The Hall–Kier alpha value is -4.31. The molecule has 0 aromatic heterocycles. The molecule has 0 bridgehead atoms. The lowest BCUT2D eigenvalue weighted by Crippen LogP contribution is -2.76. The lowest BCUT2D eigenvalue weighted by molar-refractivity contribution is -0.279. The first-order chi connectivity index (χ1) is 25.1. The second-order valence-electron chi connectivity index (χ2n) is 15.6. The summed E-state index contributed by atoms with van der Waals surface area (Å²) in [6.07, 6.45) is -5.43. The summed E-state index contributed by atoms with van der Waals surface area (Å²) in [6.45, 7) is 13.9. The van der Waals surface area contributed by atoms with Crippen LogP contribution in [0.2, 0.25) is 0 Å². The van der Waals surface area contributed by atoms with Gasteiger partial charge in [0, 0.05) is 46.5 Å². The van der Waals surface area contributed by atoms with Crippen molar-refractivity contribution in [2.75, 3.05) is 13.2 Å². The normalized spacial score (nSPS) is 37.1. The SMILES string of the molecule is CC(=O)O[C@H]1[C@@H](OC(=O)CC(C)C)[C@]2(CO2)[C@@H]2[C@H](OC(C)=O)[C@@]3(O)[C@H](/C=C(COC(=O)CC(C)C)\C=C/[C@@H](OC(C)=O)[C@@]2(C)[C@H]1OC(C)=O)OC(=O)[C@@H]3C. The second-order valence-corrected chi connectivity index (χ2v) is 15.6. The minimum Gasteiger partial charge on any atom is -0.461 e. The van der Waals surface area contributed by atoms with Crippen molar-refractivity contribution in [1.29, 1.82) is 0 Å². The number of carbonyl (C=O) groups is 7. The fourth-order valence-electron chi connectivity index (χ4n) is 8.00. The van der Waals surface area contributed by atoms with E-state index < -0.39 is 107 Å². The number of fused-ring (bicyclic) bond motifs is 3. The van der Waals surface area contributed by atoms with Crippen molar-refractivity contribution in [3.8, 4) is 0 Å². The molecule has 11 atom stereocenters. The average Bonchev–Trinajstić information content (AvgIpc) is 3.78. The van der Waals surface area contributed by atoms with Crippen LogP contribution in [0.15, 0.2) is 23.8 Å². The van der Waals surface area contributed by atoms with E-state index in [1.54, 1.807) is 13.8 Å². The summed E-state index contributed by atoms with van der Waals surface area (Å²) in [7, 11) is 0. The summed E-state index contributed by atoms with van der Waals surface area (Å²) in [4.78, 5) is 91.3. The molecule has 1 N–H and O–H groups in total. The highest BCUT2D eigenvalue weighted by molar-refractivity contribution is 5.78. The van der Waals surface area contributed by atoms with Crippen LogP contribution in [0.5, 0.6) is 0 Å². The Balaban J connectivity index is 2.11. The maximum Gasteiger partial charge on any atom is 0.312 e. The maximum absolute atomic E-state index is 13.4. The van der Waals surface area contributed by atoms with Gasteiger partial charge in [-0.25, -0.2) is 0 Å². The number of aliphatic hydroxyl groups is 1. The van der Waals surface area contributed by atoms with Crippen molar-refractivity contribution in [3.63, 3.8) is 0 Å². The summed E-state index contributed by atoms with van der Waals surface area (Å²) >= 11 is 0. The Morgan fingerprint density at radius 2 is 1.35 bits per heavy atom. The molecular weight excluding hydrogens is 712 g/mol. The predicted molar refractivity (Wildman–Crippen MR) is 183 cm³/mol. The van der Waals surface area contributed by atoms with Crippen LogP contribution >= 0.6 is 0 Å². The smallest absolute Gasteiger partial charge is 0.312 e. The Bertz CT molecular complexity index is 1570. The van der Waals surface area contributed by atoms with E-state index in [0.717, 1.165) is 27.7 Å². The van der Waals surface area contributed by atoms with Crippen molar-refractivity contribution in [2.45, 2.75) is 130 Å². The highest BCUT2D eigenvalue weighted by Crippen LogP contribution is 2.63. The van der Waals surface area contributed by atoms with Crippen molar-refractivity contribution in [3.05, 3.63) is 23.8 Å². The summed E-state index contributed by atoms with van der Waals surface area (Å²) in [5, 5.41) is 13.0. The van der Waals surface area contributed by atoms with Gasteiger partial charge in [0.1, 0.15) is 24.4 Å². The quantitative estimate of drug-likeness (QED) is 0.182.